The number of carboxylic acids is 1. The van der Waals surface area contributed by atoms with E-state index in [-0.39, 0.29) is 6.42 Å². The summed E-state index contributed by atoms with van der Waals surface area (Å²) in [6.07, 6.45) is 2.97. The molecular formula is C12H18N2O2. The number of hydrogen-bond acceptors (Lipinski definition) is 3. The number of aromatic nitrogens is 1. The summed E-state index contributed by atoms with van der Waals surface area (Å²) in [6.45, 7) is 4.30. The normalized spacial score (nSPS) is 10.6. The molecule has 0 saturated heterocycles. The molecule has 0 atom stereocenters. The Kier molecular flexibility index (Phi) is 5.50. The molecule has 0 spiro atoms. The number of carboxylic acid groups (broad SMARTS) is 1. The first-order valence-electron chi connectivity index (χ1n) is 5.56. The second kappa shape index (κ2) is 6.95. The van der Waals surface area contributed by atoms with Crippen molar-refractivity contribution in [2.75, 3.05) is 13.1 Å². The first kappa shape index (κ1) is 12.6. The summed E-state index contributed by atoms with van der Waals surface area (Å²) in [6, 6.07) is 5.79. The molecule has 1 aromatic heterocycles. The van der Waals surface area contributed by atoms with Gasteiger partial charge in [0.05, 0.1) is 12.1 Å². The molecule has 0 aromatic carbocycles. The average molecular weight is 222 g/mol. The molecule has 1 N–H and O–H groups in total. The van der Waals surface area contributed by atoms with Crippen molar-refractivity contribution in [3.8, 4) is 0 Å². The molecule has 0 aliphatic rings. The van der Waals surface area contributed by atoms with Crippen molar-refractivity contribution in [2.45, 2.75) is 26.3 Å². The summed E-state index contributed by atoms with van der Waals surface area (Å²) in [4.78, 5) is 16.9. The molecule has 4 nitrogen and oxygen atoms in total. The van der Waals surface area contributed by atoms with Gasteiger partial charge in [-0.2, -0.15) is 0 Å². The molecule has 1 heterocycles. The van der Waals surface area contributed by atoms with E-state index in [9.17, 15) is 4.79 Å². The van der Waals surface area contributed by atoms with Gasteiger partial charge in [-0.05, 0) is 25.1 Å². The Bertz CT molecular complexity index is 314. The molecule has 4 heteroatoms. The van der Waals surface area contributed by atoms with Gasteiger partial charge in [0.2, 0.25) is 0 Å². The third-order valence-corrected chi connectivity index (χ3v) is 2.29. The van der Waals surface area contributed by atoms with Crippen molar-refractivity contribution in [2.24, 2.45) is 0 Å². The van der Waals surface area contributed by atoms with Crippen LogP contribution in [-0.4, -0.2) is 34.0 Å². The lowest BCUT2D eigenvalue weighted by Crippen LogP contribution is -2.27. The molecular weight excluding hydrogens is 204 g/mol. The van der Waals surface area contributed by atoms with E-state index in [0.717, 1.165) is 25.2 Å². The zero-order valence-electron chi connectivity index (χ0n) is 9.59. The number of rotatable bonds is 7. The molecule has 0 amide bonds. The Morgan fingerprint density at radius 3 is 2.81 bits per heavy atom. The summed E-state index contributed by atoms with van der Waals surface area (Å²) >= 11 is 0. The highest BCUT2D eigenvalue weighted by atomic mass is 16.4. The number of pyridine rings is 1. The first-order chi connectivity index (χ1) is 7.72. The summed E-state index contributed by atoms with van der Waals surface area (Å²) in [5.74, 6) is -0.748. The third-order valence-electron chi connectivity index (χ3n) is 2.29. The Morgan fingerprint density at radius 2 is 2.25 bits per heavy atom. The Balaban J connectivity index is 2.47. The fourth-order valence-corrected chi connectivity index (χ4v) is 1.56. The minimum Gasteiger partial charge on any atom is -0.481 e. The topological polar surface area (TPSA) is 53.4 Å². The number of hydrogen-bond donors (Lipinski definition) is 1. The predicted octanol–water partition coefficient (Wildman–Crippen LogP) is 1.77. The molecule has 0 aliphatic carbocycles. The lowest BCUT2D eigenvalue weighted by Gasteiger charge is -2.20. The summed E-state index contributed by atoms with van der Waals surface area (Å²) in [5.41, 5.74) is 0.987. The van der Waals surface area contributed by atoms with Gasteiger partial charge in [-0.15, -0.1) is 0 Å². The van der Waals surface area contributed by atoms with Crippen LogP contribution < -0.4 is 0 Å². The second-order valence-corrected chi connectivity index (χ2v) is 3.74. The SMILES string of the molecule is CCCN(CCC(=O)O)Cc1ccccn1. The maximum atomic E-state index is 10.5. The highest BCUT2D eigenvalue weighted by Crippen LogP contribution is 2.03. The van der Waals surface area contributed by atoms with Gasteiger partial charge in [-0.1, -0.05) is 13.0 Å². The second-order valence-electron chi connectivity index (χ2n) is 3.74. The molecule has 0 radical (unpaired) electrons. The van der Waals surface area contributed by atoms with Crippen molar-refractivity contribution in [1.29, 1.82) is 0 Å². The zero-order chi connectivity index (χ0) is 11.8. The number of carbonyl (C=O) groups is 1. The standard InChI is InChI=1S/C12H18N2O2/c1-2-8-14(9-6-12(15)16)10-11-5-3-4-7-13-11/h3-5,7H,2,6,8-10H2,1H3,(H,15,16). The van der Waals surface area contributed by atoms with Crippen LogP contribution in [0.1, 0.15) is 25.5 Å². The Hall–Kier alpha value is -1.42. The van der Waals surface area contributed by atoms with E-state index in [1.807, 2.05) is 18.2 Å². The lowest BCUT2D eigenvalue weighted by atomic mass is 10.3. The van der Waals surface area contributed by atoms with Gasteiger partial charge in [0, 0.05) is 19.3 Å². The summed E-state index contributed by atoms with van der Waals surface area (Å²) in [5, 5.41) is 8.65. The van der Waals surface area contributed by atoms with E-state index in [1.54, 1.807) is 6.20 Å². The summed E-state index contributed by atoms with van der Waals surface area (Å²) in [7, 11) is 0. The smallest absolute Gasteiger partial charge is 0.304 e. The van der Waals surface area contributed by atoms with Crippen molar-refractivity contribution < 1.29 is 9.90 Å². The van der Waals surface area contributed by atoms with Crippen LogP contribution in [0.25, 0.3) is 0 Å². The first-order valence-corrected chi connectivity index (χ1v) is 5.56. The lowest BCUT2D eigenvalue weighted by molar-refractivity contribution is -0.137. The van der Waals surface area contributed by atoms with Gasteiger partial charge in [0.25, 0.3) is 0 Å². The van der Waals surface area contributed by atoms with Crippen LogP contribution in [0.5, 0.6) is 0 Å². The van der Waals surface area contributed by atoms with Gasteiger partial charge in [0.15, 0.2) is 0 Å². The summed E-state index contributed by atoms with van der Waals surface area (Å²) < 4.78 is 0. The molecule has 0 aliphatic heterocycles. The van der Waals surface area contributed by atoms with Crippen LogP contribution in [0.15, 0.2) is 24.4 Å². The van der Waals surface area contributed by atoms with E-state index in [0.29, 0.717) is 6.54 Å². The van der Waals surface area contributed by atoms with Crippen LogP contribution in [-0.2, 0) is 11.3 Å². The van der Waals surface area contributed by atoms with Crippen LogP contribution in [0.4, 0.5) is 0 Å². The van der Waals surface area contributed by atoms with Crippen LogP contribution in [0, 0.1) is 0 Å². The molecule has 16 heavy (non-hydrogen) atoms. The molecule has 0 unspecified atom stereocenters. The van der Waals surface area contributed by atoms with E-state index in [4.69, 9.17) is 5.11 Å². The number of nitrogens with zero attached hydrogens (tertiary/aromatic N) is 2. The highest BCUT2D eigenvalue weighted by Gasteiger charge is 2.07. The maximum absolute atomic E-state index is 10.5. The van der Waals surface area contributed by atoms with Gasteiger partial charge in [0.1, 0.15) is 0 Å². The Labute approximate surface area is 95.9 Å². The molecule has 1 rings (SSSR count). The predicted molar refractivity (Wildman–Crippen MR) is 62.1 cm³/mol. The van der Waals surface area contributed by atoms with E-state index >= 15 is 0 Å². The average Bonchev–Trinajstić information content (AvgIpc) is 2.27. The van der Waals surface area contributed by atoms with Crippen LogP contribution in [0.3, 0.4) is 0 Å². The largest absolute Gasteiger partial charge is 0.481 e. The van der Waals surface area contributed by atoms with E-state index in [2.05, 4.69) is 16.8 Å². The minimum absolute atomic E-state index is 0.187. The molecule has 0 fully saturated rings. The van der Waals surface area contributed by atoms with Gasteiger partial charge in [-0.25, -0.2) is 0 Å². The zero-order valence-corrected chi connectivity index (χ0v) is 9.59. The van der Waals surface area contributed by atoms with Gasteiger partial charge < -0.3 is 5.11 Å². The monoisotopic (exact) mass is 222 g/mol. The van der Waals surface area contributed by atoms with E-state index < -0.39 is 5.97 Å². The fraction of sp³-hybridized carbons (Fsp3) is 0.500. The van der Waals surface area contributed by atoms with Crippen LogP contribution in [0.2, 0.25) is 0 Å². The Morgan fingerprint density at radius 1 is 1.44 bits per heavy atom. The molecule has 0 saturated carbocycles. The number of aliphatic carboxylic acids is 1. The van der Waals surface area contributed by atoms with Gasteiger partial charge >= 0.3 is 5.97 Å². The van der Waals surface area contributed by atoms with Crippen molar-refractivity contribution in [3.63, 3.8) is 0 Å². The molecule has 88 valence electrons. The minimum atomic E-state index is -0.748. The fourth-order valence-electron chi connectivity index (χ4n) is 1.56. The van der Waals surface area contributed by atoms with Crippen molar-refractivity contribution in [1.82, 2.24) is 9.88 Å². The quantitative estimate of drug-likeness (QED) is 0.764. The van der Waals surface area contributed by atoms with Crippen molar-refractivity contribution in [3.05, 3.63) is 30.1 Å². The molecule has 0 bridgehead atoms. The van der Waals surface area contributed by atoms with E-state index in [1.165, 1.54) is 0 Å². The van der Waals surface area contributed by atoms with Crippen molar-refractivity contribution >= 4 is 5.97 Å². The highest BCUT2D eigenvalue weighted by molar-refractivity contribution is 5.66. The molecule has 1 aromatic rings. The van der Waals surface area contributed by atoms with Gasteiger partial charge in [-0.3, -0.25) is 14.7 Å². The third kappa shape index (κ3) is 4.89. The van der Waals surface area contributed by atoms with Crippen LogP contribution >= 0.6 is 0 Å². The maximum Gasteiger partial charge on any atom is 0.304 e.